The van der Waals surface area contributed by atoms with E-state index in [1.807, 2.05) is 0 Å². The Bertz CT molecular complexity index is 758. The number of ether oxygens (including phenoxy) is 2. The van der Waals surface area contributed by atoms with Gasteiger partial charge in [-0.05, 0) is 12.5 Å². The van der Waals surface area contributed by atoms with Crippen molar-refractivity contribution in [3.63, 3.8) is 0 Å². The van der Waals surface area contributed by atoms with Crippen molar-refractivity contribution in [2.45, 2.75) is 26.2 Å². The average Bonchev–Trinajstić information content (AvgIpc) is 2.68. The number of carbonyl (C=O) groups excluding carboxylic acids is 3. The summed E-state index contributed by atoms with van der Waals surface area (Å²) in [7, 11) is 0. The third-order valence-electron chi connectivity index (χ3n) is 3.39. The second-order valence-corrected chi connectivity index (χ2v) is 5.41. The maximum Gasteiger partial charge on any atom is 0.343 e. The maximum absolute atomic E-state index is 12.5. The number of hydrogen-bond acceptors (Lipinski definition) is 7. The monoisotopic (exact) mass is 372 g/mol. The van der Waals surface area contributed by atoms with Crippen LogP contribution in [0.5, 0.6) is 0 Å². The summed E-state index contributed by atoms with van der Waals surface area (Å²) < 4.78 is 9.89. The molecule has 27 heavy (non-hydrogen) atoms. The summed E-state index contributed by atoms with van der Waals surface area (Å²) in [6.07, 6.45) is -2.90. The molecule has 0 spiro atoms. The number of hydrogen-bond donors (Lipinski definition) is 0. The highest BCUT2D eigenvalue weighted by Gasteiger charge is 2.30. The van der Waals surface area contributed by atoms with Crippen LogP contribution in [0.15, 0.2) is 60.7 Å². The molecule has 0 saturated heterocycles. The fourth-order valence-corrected chi connectivity index (χ4v) is 2.19. The van der Waals surface area contributed by atoms with E-state index in [9.17, 15) is 14.4 Å². The Hall–Kier alpha value is -3.03. The lowest BCUT2D eigenvalue weighted by Crippen LogP contribution is -2.31. The standard InChI is InChI=1S/C20H20O7/c1-3-24-19(23)18(16-12-8-5-9-13-16)26-27-20(25-14(2)21)17(22)15-10-6-4-7-11-15/h4-13,18,20H,3H2,1-2H3. The lowest BCUT2D eigenvalue weighted by Gasteiger charge is -2.20. The van der Waals surface area contributed by atoms with Gasteiger partial charge in [-0.25, -0.2) is 9.68 Å². The minimum absolute atomic E-state index is 0.141. The van der Waals surface area contributed by atoms with E-state index in [2.05, 4.69) is 0 Å². The van der Waals surface area contributed by atoms with Gasteiger partial charge in [0, 0.05) is 12.5 Å². The van der Waals surface area contributed by atoms with Gasteiger partial charge in [0.2, 0.25) is 11.9 Å². The molecule has 0 amide bonds. The van der Waals surface area contributed by atoms with Gasteiger partial charge in [-0.1, -0.05) is 60.7 Å². The number of esters is 2. The van der Waals surface area contributed by atoms with Crippen LogP contribution in [0.25, 0.3) is 0 Å². The summed E-state index contributed by atoms with van der Waals surface area (Å²) in [5.41, 5.74) is 0.726. The van der Waals surface area contributed by atoms with Crippen LogP contribution in [-0.2, 0) is 28.8 Å². The first-order chi connectivity index (χ1) is 13.0. The van der Waals surface area contributed by atoms with Gasteiger partial charge >= 0.3 is 11.9 Å². The molecular weight excluding hydrogens is 352 g/mol. The second-order valence-electron chi connectivity index (χ2n) is 5.41. The first-order valence-electron chi connectivity index (χ1n) is 8.33. The van der Waals surface area contributed by atoms with Gasteiger partial charge in [-0.2, -0.15) is 4.89 Å². The van der Waals surface area contributed by atoms with Crippen LogP contribution in [0, 0.1) is 0 Å². The molecule has 0 heterocycles. The topological polar surface area (TPSA) is 88.1 Å². The maximum atomic E-state index is 12.5. The number of ketones is 1. The largest absolute Gasteiger partial charge is 0.464 e. The molecule has 0 saturated carbocycles. The van der Waals surface area contributed by atoms with Crippen molar-refractivity contribution in [3.05, 3.63) is 71.8 Å². The van der Waals surface area contributed by atoms with E-state index in [1.165, 1.54) is 0 Å². The van der Waals surface area contributed by atoms with Crippen molar-refractivity contribution in [1.29, 1.82) is 0 Å². The zero-order valence-corrected chi connectivity index (χ0v) is 15.0. The number of Topliss-reactive ketones (excluding diaryl/α,β-unsaturated/α-hetero) is 1. The van der Waals surface area contributed by atoms with Gasteiger partial charge in [0.15, 0.2) is 0 Å². The van der Waals surface area contributed by atoms with Gasteiger partial charge in [0.1, 0.15) is 0 Å². The molecule has 7 heteroatoms. The summed E-state index contributed by atoms with van der Waals surface area (Å²) in [6, 6.07) is 16.6. The molecule has 0 aliphatic carbocycles. The molecule has 2 atom stereocenters. The number of benzene rings is 2. The van der Waals surface area contributed by atoms with Crippen molar-refractivity contribution in [3.8, 4) is 0 Å². The van der Waals surface area contributed by atoms with E-state index < -0.39 is 30.1 Å². The van der Waals surface area contributed by atoms with Gasteiger partial charge in [-0.15, -0.1) is 0 Å². The van der Waals surface area contributed by atoms with Gasteiger partial charge in [0.25, 0.3) is 6.29 Å². The highest BCUT2D eigenvalue weighted by molar-refractivity contribution is 5.99. The van der Waals surface area contributed by atoms with Crippen molar-refractivity contribution >= 4 is 17.7 Å². The Morgan fingerprint density at radius 1 is 0.889 bits per heavy atom. The van der Waals surface area contributed by atoms with Crippen LogP contribution in [0.4, 0.5) is 0 Å². The SMILES string of the molecule is CCOC(=O)C(OOC(OC(C)=O)C(=O)c1ccccc1)c1ccccc1. The van der Waals surface area contributed by atoms with Crippen LogP contribution in [-0.4, -0.2) is 30.6 Å². The van der Waals surface area contributed by atoms with E-state index in [4.69, 9.17) is 19.2 Å². The normalized spacial score (nSPS) is 12.7. The molecule has 142 valence electrons. The number of rotatable bonds is 9. The molecular formula is C20H20O7. The van der Waals surface area contributed by atoms with Crippen molar-refractivity contribution in [1.82, 2.24) is 0 Å². The molecule has 2 rings (SSSR count). The van der Waals surface area contributed by atoms with Gasteiger partial charge < -0.3 is 9.47 Å². The van der Waals surface area contributed by atoms with Crippen molar-refractivity contribution in [2.75, 3.05) is 6.61 Å². The Labute approximate surface area is 156 Å². The molecule has 0 aliphatic heterocycles. The van der Waals surface area contributed by atoms with Crippen LogP contribution >= 0.6 is 0 Å². The van der Waals surface area contributed by atoms with Crippen LogP contribution < -0.4 is 0 Å². The highest BCUT2D eigenvalue weighted by Crippen LogP contribution is 2.21. The quantitative estimate of drug-likeness (QED) is 0.220. The van der Waals surface area contributed by atoms with Crippen molar-refractivity contribution in [2.24, 2.45) is 0 Å². The highest BCUT2D eigenvalue weighted by atomic mass is 17.2. The Morgan fingerprint density at radius 2 is 1.48 bits per heavy atom. The Morgan fingerprint density at radius 3 is 2.04 bits per heavy atom. The summed E-state index contributed by atoms with van der Waals surface area (Å²) in [6.45, 7) is 2.93. The van der Waals surface area contributed by atoms with E-state index in [0.29, 0.717) is 5.56 Å². The molecule has 0 radical (unpaired) electrons. The zero-order valence-electron chi connectivity index (χ0n) is 15.0. The van der Waals surface area contributed by atoms with Crippen molar-refractivity contribution < 1.29 is 33.6 Å². The molecule has 0 N–H and O–H groups in total. The molecule has 0 aromatic heterocycles. The van der Waals surface area contributed by atoms with E-state index in [1.54, 1.807) is 67.6 Å². The van der Waals surface area contributed by atoms with Gasteiger partial charge in [-0.3, -0.25) is 9.59 Å². The molecule has 2 unspecified atom stereocenters. The predicted molar refractivity (Wildman–Crippen MR) is 94.3 cm³/mol. The Kier molecular flexibility index (Phi) is 7.66. The third-order valence-corrected chi connectivity index (χ3v) is 3.39. The summed E-state index contributed by atoms with van der Waals surface area (Å²) in [5, 5.41) is 0. The minimum Gasteiger partial charge on any atom is -0.464 e. The molecule has 0 bridgehead atoms. The molecule has 7 nitrogen and oxygen atoms in total. The first kappa shape index (κ1) is 20.3. The minimum atomic E-state index is -1.66. The van der Waals surface area contributed by atoms with Gasteiger partial charge in [0.05, 0.1) is 6.61 Å². The smallest absolute Gasteiger partial charge is 0.343 e. The number of carbonyl (C=O) groups is 3. The molecule has 0 fully saturated rings. The average molecular weight is 372 g/mol. The predicted octanol–water partition coefficient (Wildman–Crippen LogP) is 3.01. The van der Waals surface area contributed by atoms with E-state index >= 15 is 0 Å². The summed E-state index contributed by atoms with van der Waals surface area (Å²) in [5.74, 6) is -2.06. The van der Waals surface area contributed by atoms with Crippen LogP contribution in [0.3, 0.4) is 0 Å². The fraction of sp³-hybridized carbons (Fsp3) is 0.250. The van der Waals surface area contributed by atoms with Crippen LogP contribution in [0.1, 0.15) is 35.9 Å². The fourth-order valence-electron chi connectivity index (χ4n) is 2.19. The summed E-state index contributed by atoms with van der Waals surface area (Å²) in [4.78, 5) is 46.3. The van der Waals surface area contributed by atoms with E-state index in [0.717, 1.165) is 6.92 Å². The van der Waals surface area contributed by atoms with Crippen LogP contribution in [0.2, 0.25) is 0 Å². The zero-order chi connectivity index (χ0) is 19.6. The third kappa shape index (κ3) is 6.02. The Balaban J connectivity index is 2.18. The lowest BCUT2D eigenvalue weighted by atomic mass is 10.1. The molecule has 2 aromatic carbocycles. The van der Waals surface area contributed by atoms with E-state index in [-0.39, 0.29) is 12.2 Å². The first-order valence-corrected chi connectivity index (χ1v) is 8.33. The second kappa shape index (κ2) is 10.2. The lowest BCUT2D eigenvalue weighted by molar-refractivity contribution is -0.374. The molecule has 2 aromatic rings. The summed E-state index contributed by atoms with van der Waals surface area (Å²) >= 11 is 0. The molecule has 0 aliphatic rings.